The van der Waals surface area contributed by atoms with E-state index in [1.807, 2.05) is 12.1 Å². The Morgan fingerprint density at radius 3 is 2.58 bits per heavy atom. The van der Waals surface area contributed by atoms with Crippen LogP contribution in [-0.2, 0) is 16.4 Å². The maximum absolute atomic E-state index is 12.6. The number of anilines is 1. The maximum Gasteiger partial charge on any atom is 0.270 e. The van der Waals surface area contributed by atoms with Gasteiger partial charge in [-0.25, -0.2) is 8.42 Å². The van der Waals surface area contributed by atoms with Crippen molar-refractivity contribution >= 4 is 27.0 Å². The highest BCUT2D eigenvalue weighted by atomic mass is 32.2. The highest BCUT2D eigenvalue weighted by molar-refractivity contribution is 7.92. The minimum absolute atomic E-state index is 0.223. The Labute approximate surface area is 144 Å². The Morgan fingerprint density at radius 1 is 1.21 bits per heavy atom. The van der Waals surface area contributed by atoms with Gasteiger partial charge in [0, 0.05) is 0 Å². The molecule has 24 heavy (non-hydrogen) atoms. The van der Waals surface area contributed by atoms with E-state index in [0.717, 1.165) is 18.4 Å². The fraction of sp³-hybridized carbons (Fsp3) is 0.250. The minimum atomic E-state index is -3.67. The van der Waals surface area contributed by atoms with Gasteiger partial charge in [-0.1, -0.05) is 30.6 Å². The zero-order valence-electron chi connectivity index (χ0n) is 13.3. The molecule has 126 valence electrons. The zero-order chi connectivity index (χ0) is 17.2. The third-order valence-electron chi connectivity index (χ3n) is 3.40. The van der Waals surface area contributed by atoms with Gasteiger partial charge >= 0.3 is 0 Å². The number of nitrogens with zero attached hydrogens (tertiary/aromatic N) is 2. The highest BCUT2D eigenvalue weighted by Crippen LogP contribution is 2.33. The van der Waals surface area contributed by atoms with Gasteiger partial charge in [0.1, 0.15) is 4.88 Å². The quantitative estimate of drug-likeness (QED) is 0.719. The van der Waals surface area contributed by atoms with Gasteiger partial charge in [-0.05, 0) is 42.5 Å². The first kappa shape index (κ1) is 16.7. The average Bonchev–Trinajstić information content (AvgIpc) is 3.16. The molecule has 0 spiro atoms. The van der Waals surface area contributed by atoms with E-state index in [2.05, 4.69) is 21.8 Å². The molecule has 0 fully saturated rings. The SMILES string of the molecule is CCCc1ccc(S(=O)(=O)Nc2ccsc2-c2nc(C)no2)cc1. The second kappa shape index (κ2) is 6.74. The predicted molar refractivity (Wildman–Crippen MR) is 93.6 cm³/mol. The molecule has 1 N–H and O–H groups in total. The number of hydrogen-bond donors (Lipinski definition) is 1. The minimum Gasteiger partial charge on any atom is -0.333 e. The van der Waals surface area contributed by atoms with Crippen molar-refractivity contribution in [1.29, 1.82) is 0 Å². The van der Waals surface area contributed by atoms with Crippen molar-refractivity contribution in [2.45, 2.75) is 31.6 Å². The molecule has 0 aliphatic heterocycles. The molecule has 1 aromatic carbocycles. The topological polar surface area (TPSA) is 85.1 Å². The molecular weight excluding hydrogens is 346 g/mol. The summed E-state index contributed by atoms with van der Waals surface area (Å²) in [6.45, 7) is 3.80. The Kier molecular flexibility index (Phi) is 4.68. The van der Waals surface area contributed by atoms with Crippen LogP contribution in [0.1, 0.15) is 24.7 Å². The first-order chi connectivity index (χ1) is 11.5. The largest absolute Gasteiger partial charge is 0.333 e. The number of sulfonamides is 1. The molecule has 0 unspecified atom stereocenters. The molecule has 3 rings (SSSR count). The molecule has 0 aliphatic rings. The zero-order valence-corrected chi connectivity index (χ0v) is 14.9. The molecule has 0 saturated heterocycles. The summed E-state index contributed by atoms with van der Waals surface area (Å²) in [5.41, 5.74) is 1.55. The van der Waals surface area contributed by atoms with E-state index >= 15 is 0 Å². The number of benzene rings is 1. The predicted octanol–water partition coefficient (Wildman–Crippen LogP) is 3.86. The molecule has 2 aromatic heterocycles. The Bertz CT molecular complexity index is 928. The molecular formula is C16H17N3O3S2. The van der Waals surface area contributed by atoms with Crippen molar-refractivity contribution in [2.75, 3.05) is 4.72 Å². The average molecular weight is 363 g/mol. The van der Waals surface area contributed by atoms with Crippen LogP contribution in [0.4, 0.5) is 5.69 Å². The molecule has 0 aliphatic carbocycles. The standard InChI is InChI=1S/C16H17N3O3S2/c1-3-4-12-5-7-13(8-6-12)24(20,21)19-14-9-10-23-15(14)16-17-11(2)18-22-16/h5-10,19H,3-4H2,1-2H3. The third-order valence-corrected chi connectivity index (χ3v) is 5.69. The van der Waals surface area contributed by atoms with E-state index < -0.39 is 10.0 Å². The fourth-order valence-corrected chi connectivity index (χ4v) is 4.18. The number of thiophene rings is 1. The van der Waals surface area contributed by atoms with Gasteiger partial charge in [0.15, 0.2) is 5.82 Å². The number of aromatic nitrogens is 2. The molecule has 0 bridgehead atoms. The van der Waals surface area contributed by atoms with E-state index in [1.54, 1.807) is 30.5 Å². The lowest BCUT2D eigenvalue weighted by molar-refractivity contribution is 0.426. The first-order valence-corrected chi connectivity index (χ1v) is 9.86. The van der Waals surface area contributed by atoms with Crippen LogP contribution in [0.5, 0.6) is 0 Å². The fourth-order valence-electron chi connectivity index (χ4n) is 2.27. The van der Waals surface area contributed by atoms with Crippen LogP contribution in [0.2, 0.25) is 0 Å². The summed E-state index contributed by atoms with van der Waals surface area (Å²) < 4.78 is 32.9. The van der Waals surface area contributed by atoms with Crippen molar-refractivity contribution < 1.29 is 12.9 Å². The van der Waals surface area contributed by atoms with Crippen molar-refractivity contribution in [3.8, 4) is 10.8 Å². The van der Waals surface area contributed by atoms with Crippen LogP contribution in [0.3, 0.4) is 0 Å². The highest BCUT2D eigenvalue weighted by Gasteiger charge is 2.20. The summed E-state index contributed by atoms with van der Waals surface area (Å²) in [6.07, 6.45) is 1.95. The van der Waals surface area contributed by atoms with Gasteiger partial charge in [-0.3, -0.25) is 4.72 Å². The van der Waals surface area contributed by atoms with Gasteiger partial charge in [0.25, 0.3) is 15.9 Å². The second-order valence-electron chi connectivity index (χ2n) is 5.31. The van der Waals surface area contributed by atoms with Crippen LogP contribution in [-0.4, -0.2) is 18.6 Å². The normalized spacial score (nSPS) is 11.6. The van der Waals surface area contributed by atoms with Crippen LogP contribution < -0.4 is 4.72 Å². The molecule has 3 aromatic rings. The van der Waals surface area contributed by atoms with Gasteiger partial charge in [-0.2, -0.15) is 4.98 Å². The Hall–Kier alpha value is -2.19. The molecule has 0 atom stereocenters. The van der Waals surface area contributed by atoms with Crippen molar-refractivity contribution in [3.05, 3.63) is 47.1 Å². The number of rotatable bonds is 6. The van der Waals surface area contributed by atoms with E-state index in [-0.39, 0.29) is 4.90 Å². The molecule has 0 amide bonds. The van der Waals surface area contributed by atoms with Crippen molar-refractivity contribution in [1.82, 2.24) is 10.1 Å². The number of nitrogens with one attached hydrogen (secondary N) is 1. The van der Waals surface area contributed by atoms with E-state index in [4.69, 9.17) is 4.52 Å². The van der Waals surface area contributed by atoms with Gasteiger partial charge in [0.05, 0.1) is 10.6 Å². The van der Waals surface area contributed by atoms with E-state index in [1.165, 1.54) is 11.3 Å². The van der Waals surface area contributed by atoms with Gasteiger partial charge < -0.3 is 4.52 Å². The number of aryl methyl sites for hydroxylation is 2. The molecule has 8 heteroatoms. The van der Waals surface area contributed by atoms with E-state index in [0.29, 0.717) is 22.3 Å². The summed E-state index contributed by atoms with van der Waals surface area (Å²) in [5, 5.41) is 5.51. The first-order valence-electron chi connectivity index (χ1n) is 7.49. The summed E-state index contributed by atoms with van der Waals surface area (Å²) >= 11 is 1.34. The Morgan fingerprint density at radius 2 is 1.96 bits per heavy atom. The lowest BCUT2D eigenvalue weighted by Crippen LogP contribution is -2.13. The second-order valence-corrected chi connectivity index (χ2v) is 7.91. The van der Waals surface area contributed by atoms with Gasteiger partial charge in [-0.15, -0.1) is 11.3 Å². The lowest BCUT2D eigenvalue weighted by Gasteiger charge is -2.08. The molecule has 0 radical (unpaired) electrons. The summed E-state index contributed by atoms with van der Waals surface area (Å²) in [6, 6.07) is 8.61. The van der Waals surface area contributed by atoms with Crippen molar-refractivity contribution in [2.24, 2.45) is 0 Å². The molecule has 6 nitrogen and oxygen atoms in total. The molecule has 0 saturated carbocycles. The monoisotopic (exact) mass is 363 g/mol. The number of hydrogen-bond acceptors (Lipinski definition) is 6. The van der Waals surface area contributed by atoms with Crippen molar-refractivity contribution in [3.63, 3.8) is 0 Å². The summed E-state index contributed by atoms with van der Waals surface area (Å²) in [5.74, 6) is 0.803. The molecule has 2 heterocycles. The van der Waals surface area contributed by atoms with Crippen LogP contribution in [0, 0.1) is 6.92 Å². The van der Waals surface area contributed by atoms with E-state index in [9.17, 15) is 8.42 Å². The van der Waals surface area contributed by atoms with Crippen LogP contribution in [0.15, 0.2) is 45.1 Å². The third kappa shape index (κ3) is 3.49. The maximum atomic E-state index is 12.6. The van der Waals surface area contributed by atoms with Crippen LogP contribution >= 0.6 is 11.3 Å². The lowest BCUT2D eigenvalue weighted by atomic mass is 10.1. The smallest absolute Gasteiger partial charge is 0.270 e. The summed E-state index contributed by atoms with van der Waals surface area (Å²) in [7, 11) is -3.67. The van der Waals surface area contributed by atoms with Gasteiger partial charge in [0.2, 0.25) is 0 Å². The summed E-state index contributed by atoms with van der Waals surface area (Å²) in [4.78, 5) is 4.97. The van der Waals surface area contributed by atoms with Crippen LogP contribution in [0.25, 0.3) is 10.8 Å². The Balaban J connectivity index is 1.86.